The van der Waals surface area contributed by atoms with E-state index in [-0.39, 0.29) is 6.61 Å². The number of aromatic nitrogens is 1. The lowest BCUT2D eigenvalue weighted by Gasteiger charge is -2.04. The zero-order valence-corrected chi connectivity index (χ0v) is 9.59. The zero-order valence-electron chi connectivity index (χ0n) is 9.59. The van der Waals surface area contributed by atoms with Gasteiger partial charge in [-0.05, 0) is 24.6 Å². The summed E-state index contributed by atoms with van der Waals surface area (Å²) in [5.41, 5.74) is 2.12. The molecule has 3 heteroatoms. The average Bonchev–Trinajstić information content (AvgIpc) is 2.37. The summed E-state index contributed by atoms with van der Waals surface area (Å²) in [5, 5.41) is 0. The molecule has 1 aromatic heterocycles. The third-order valence-electron chi connectivity index (χ3n) is 2.31. The smallest absolute Gasteiger partial charge is 0.357 e. The molecule has 0 saturated carbocycles. The van der Waals surface area contributed by atoms with Crippen molar-refractivity contribution in [2.45, 2.75) is 13.5 Å². The largest absolute Gasteiger partial charge is 0.456 e. The molecule has 86 valence electrons. The van der Waals surface area contributed by atoms with Gasteiger partial charge in [0.25, 0.3) is 0 Å². The summed E-state index contributed by atoms with van der Waals surface area (Å²) >= 11 is 0. The van der Waals surface area contributed by atoms with E-state index in [0.717, 1.165) is 11.3 Å². The molecule has 2 rings (SSSR count). The van der Waals surface area contributed by atoms with E-state index in [1.165, 1.54) is 0 Å². The van der Waals surface area contributed by atoms with Crippen LogP contribution in [0.2, 0.25) is 0 Å². The summed E-state index contributed by atoms with van der Waals surface area (Å²) < 4.78 is 5.17. The summed E-state index contributed by atoms with van der Waals surface area (Å²) in [6, 6.07) is 14.9. The van der Waals surface area contributed by atoms with E-state index in [1.807, 2.05) is 43.3 Å². The van der Waals surface area contributed by atoms with Crippen LogP contribution in [-0.4, -0.2) is 11.0 Å². The Bertz CT molecular complexity index is 509. The topological polar surface area (TPSA) is 39.2 Å². The Morgan fingerprint density at radius 1 is 1.12 bits per heavy atom. The molecule has 1 heterocycles. The molecule has 0 radical (unpaired) electrons. The van der Waals surface area contributed by atoms with Gasteiger partial charge in [-0.3, -0.25) is 0 Å². The van der Waals surface area contributed by atoms with Crippen molar-refractivity contribution in [3.8, 4) is 0 Å². The number of pyridine rings is 1. The second-order valence-corrected chi connectivity index (χ2v) is 3.73. The molecule has 0 N–H and O–H groups in total. The number of ether oxygens (including phenoxy) is 1. The number of hydrogen-bond acceptors (Lipinski definition) is 3. The molecule has 1 aromatic carbocycles. The summed E-state index contributed by atoms with van der Waals surface area (Å²) in [6.45, 7) is 2.11. The molecule has 0 fully saturated rings. The fraction of sp³-hybridized carbons (Fsp3) is 0.143. The minimum atomic E-state index is -0.391. The highest BCUT2D eigenvalue weighted by Gasteiger charge is 2.08. The van der Waals surface area contributed by atoms with Crippen molar-refractivity contribution in [1.29, 1.82) is 0 Å². The molecule has 0 spiro atoms. The van der Waals surface area contributed by atoms with Gasteiger partial charge in [-0.15, -0.1) is 0 Å². The monoisotopic (exact) mass is 227 g/mol. The fourth-order valence-electron chi connectivity index (χ4n) is 1.45. The van der Waals surface area contributed by atoms with Crippen LogP contribution >= 0.6 is 0 Å². The van der Waals surface area contributed by atoms with Crippen molar-refractivity contribution in [2.75, 3.05) is 0 Å². The molecule has 0 amide bonds. The predicted octanol–water partition coefficient (Wildman–Crippen LogP) is 2.75. The second kappa shape index (κ2) is 5.25. The maximum Gasteiger partial charge on any atom is 0.357 e. The molecule has 0 unspecified atom stereocenters. The number of rotatable bonds is 3. The van der Waals surface area contributed by atoms with Crippen molar-refractivity contribution in [1.82, 2.24) is 4.98 Å². The summed E-state index contributed by atoms with van der Waals surface area (Å²) in [6.07, 6.45) is 0. The van der Waals surface area contributed by atoms with Crippen molar-refractivity contribution < 1.29 is 9.53 Å². The third kappa shape index (κ3) is 3.14. The summed E-state index contributed by atoms with van der Waals surface area (Å²) in [7, 11) is 0. The maximum absolute atomic E-state index is 11.7. The first-order valence-electron chi connectivity index (χ1n) is 5.40. The van der Waals surface area contributed by atoms with Crippen molar-refractivity contribution >= 4 is 5.97 Å². The molecular weight excluding hydrogens is 214 g/mol. The highest BCUT2D eigenvalue weighted by Crippen LogP contribution is 2.05. The highest BCUT2D eigenvalue weighted by atomic mass is 16.5. The summed E-state index contributed by atoms with van der Waals surface area (Å²) in [4.78, 5) is 15.8. The van der Waals surface area contributed by atoms with Gasteiger partial charge in [0, 0.05) is 5.69 Å². The van der Waals surface area contributed by atoms with Gasteiger partial charge in [0.1, 0.15) is 12.3 Å². The van der Waals surface area contributed by atoms with Gasteiger partial charge in [0.15, 0.2) is 0 Å². The van der Waals surface area contributed by atoms with Crippen LogP contribution in [0, 0.1) is 6.92 Å². The predicted molar refractivity (Wildman–Crippen MR) is 64.5 cm³/mol. The normalized spacial score (nSPS) is 9.94. The van der Waals surface area contributed by atoms with Crippen LogP contribution in [0.1, 0.15) is 21.7 Å². The third-order valence-corrected chi connectivity index (χ3v) is 2.31. The van der Waals surface area contributed by atoms with Crippen LogP contribution in [0.4, 0.5) is 0 Å². The van der Waals surface area contributed by atoms with E-state index < -0.39 is 5.97 Å². The molecule has 0 saturated heterocycles. The van der Waals surface area contributed by atoms with Crippen molar-refractivity contribution in [2.24, 2.45) is 0 Å². The SMILES string of the molecule is Cc1cccc(C(=O)OCc2ccccc2)n1. The van der Waals surface area contributed by atoms with E-state index >= 15 is 0 Å². The van der Waals surface area contributed by atoms with Crippen LogP contribution in [0.25, 0.3) is 0 Å². The number of carbonyl (C=O) groups excluding carboxylic acids is 1. The van der Waals surface area contributed by atoms with Crippen LogP contribution in [0.3, 0.4) is 0 Å². The van der Waals surface area contributed by atoms with Gasteiger partial charge in [0.2, 0.25) is 0 Å². The second-order valence-electron chi connectivity index (χ2n) is 3.73. The van der Waals surface area contributed by atoms with Gasteiger partial charge < -0.3 is 4.74 Å². The number of aryl methyl sites for hydroxylation is 1. The lowest BCUT2D eigenvalue weighted by atomic mass is 10.2. The maximum atomic E-state index is 11.7. The molecule has 0 bridgehead atoms. The number of hydrogen-bond donors (Lipinski definition) is 0. The van der Waals surface area contributed by atoms with E-state index in [1.54, 1.807) is 12.1 Å². The molecule has 0 aliphatic rings. The number of esters is 1. The Morgan fingerprint density at radius 2 is 1.88 bits per heavy atom. The number of benzene rings is 1. The zero-order chi connectivity index (χ0) is 12.1. The first-order chi connectivity index (χ1) is 8.25. The van der Waals surface area contributed by atoms with E-state index in [9.17, 15) is 4.79 Å². The molecule has 3 nitrogen and oxygen atoms in total. The first-order valence-corrected chi connectivity index (χ1v) is 5.40. The quantitative estimate of drug-likeness (QED) is 0.757. The van der Waals surface area contributed by atoms with Gasteiger partial charge in [-0.2, -0.15) is 0 Å². The Balaban J connectivity index is 1.98. The molecule has 2 aromatic rings. The number of carbonyl (C=O) groups is 1. The van der Waals surface area contributed by atoms with Gasteiger partial charge in [-0.25, -0.2) is 9.78 Å². The van der Waals surface area contributed by atoms with Gasteiger partial charge in [-0.1, -0.05) is 36.4 Å². The van der Waals surface area contributed by atoms with Crippen LogP contribution < -0.4 is 0 Å². The van der Waals surface area contributed by atoms with Gasteiger partial charge in [0.05, 0.1) is 0 Å². The first kappa shape index (κ1) is 11.3. The Labute approximate surface area is 100 Å². The summed E-state index contributed by atoms with van der Waals surface area (Å²) in [5.74, 6) is -0.391. The standard InChI is InChI=1S/C14H13NO2/c1-11-6-5-9-13(15-11)14(16)17-10-12-7-3-2-4-8-12/h2-9H,10H2,1H3. The van der Waals surface area contributed by atoms with Crippen molar-refractivity contribution in [3.63, 3.8) is 0 Å². The van der Waals surface area contributed by atoms with Crippen molar-refractivity contribution in [3.05, 3.63) is 65.5 Å². The highest BCUT2D eigenvalue weighted by molar-refractivity contribution is 5.87. The van der Waals surface area contributed by atoms with E-state index in [0.29, 0.717) is 5.69 Å². The van der Waals surface area contributed by atoms with Crippen LogP contribution in [0.15, 0.2) is 48.5 Å². The molecule has 0 atom stereocenters. The number of nitrogens with zero attached hydrogens (tertiary/aromatic N) is 1. The van der Waals surface area contributed by atoms with Crippen LogP contribution in [0.5, 0.6) is 0 Å². The lowest BCUT2D eigenvalue weighted by molar-refractivity contribution is 0.0465. The lowest BCUT2D eigenvalue weighted by Crippen LogP contribution is -2.07. The van der Waals surface area contributed by atoms with Crippen LogP contribution in [-0.2, 0) is 11.3 Å². The molecule has 0 aliphatic carbocycles. The van der Waals surface area contributed by atoms with E-state index in [4.69, 9.17) is 4.74 Å². The minimum absolute atomic E-state index is 0.273. The molecule has 17 heavy (non-hydrogen) atoms. The van der Waals surface area contributed by atoms with Gasteiger partial charge >= 0.3 is 5.97 Å². The Morgan fingerprint density at radius 3 is 2.59 bits per heavy atom. The Kier molecular flexibility index (Phi) is 3.50. The van der Waals surface area contributed by atoms with E-state index in [2.05, 4.69) is 4.98 Å². The molecule has 0 aliphatic heterocycles. The minimum Gasteiger partial charge on any atom is -0.456 e. The Hall–Kier alpha value is -2.16. The molecular formula is C14H13NO2. The fourth-order valence-corrected chi connectivity index (χ4v) is 1.45. The average molecular weight is 227 g/mol.